The molecule has 4 heteroatoms. The SMILES string of the molecule is CO/C(C)=N/c1ncccn1. The second-order valence-electron chi connectivity index (χ2n) is 1.88. The summed E-state index contributed by atoms with van der Waals surface area (Å²) in [5, 5.41) is 0. The molecule has 0 atom stereocenters. The summed E-state index contributed by atoms with van der Waals surface area (Å²) in [7, 11) is 1.56. The first-order valence-electron chi connectivity index (χ1n) is 3.19. The highest BCUT2D eigenvalue weighted by molar-refractivity contribution is 5.75. The Morgan fingerprint density at radius 1 is 1.45 bits per heavy atom. The van der Waals surface area contributed by atoms with Crippen LogP contribution < -0.4 is 0 Å². The van der Waals surface area contributed by atoms with Gasteiger partial charge in [-0.15, -0.1) is 0 Å². The summed E-state index contributed by atoms with van der Waals surface area (Å²) in [5.41, 5.74) is 0. The van der Waals surface area contributed by atoms with E-state index in [0.29, 0.717) is 11.8 Å². The van der Waals surface area contributed by atoms with Gasteiger partial charge in [0.25, 0.3) is 5.95 Å². The Morgan fingerprint density at radius 2 is 2.09 bits per heavy atom. The van der Waals surface area contributed by atoms with E-state index in [0.717, 1.165) is 0 Å². The molecule has 58 valence electrons. The molecule has 0 saturated heterocycles. The zero-order chi connectivity index (χ0) is 8.10. The molecule has 0 aromatic carbocycles. The maximum atomic E-state index is 4.82. The quantitative estimate of drug-likeness (QED) is 0.447. The minimum absolute atomic E-state index is 0.423. The van der Waals surface area contributed by atoms with Gasteiger partial charge in [-0.25, -0.2) is 9.97 Å². The molecule has 0 spiro atoms. The van der Waals surface area contributed by atoms with Crippen LogP contribution in [0.3, 0.4) is 0 Å². The van der Waals surface area contributed by atoms with Gasteiger partial charge in [0.2, 0.25) is 0 Å². The predicted molar refractivity (Wildman–Crippen MR) is 41.8 cm³/mol. The zero-order valence-corrected chi connectivity index (χ0v) is 6.48. The first-order chi connectivity index (χ1) is 5.33. The van der Waals surface area contributed by atoms with Crippen LogP contribution in [0.15, 0.2) is 23.5 Å². The second kappa shape index (κ2) is 3.65. The van der Waals surface area contributed by atoms with Gasteiger partial charge in [-0.2, -0.15) is 4.99 Å². The third-order valence-electron chi connectivity index (χ3n) is 1.11. The number of hydrogen-bond donors (Lipinski definition) is 0. The fourth-order valence-electron chi connectivity index (χ4n) is 0.535. The smallest absolute Gasteiger partial charge is 0.252 e. The molecule has 0 aliphatic rings. The fourth-order valence-corrected chi connectivity index (χ4v) is 0.535. The van der Waals surface area contributed by atoms with Crippen molar-refractivity contribution in [3.05, 3.63) is 18.5 Å². The van der Waals surface area contributed by atoms with Gasteiger partial charge in [-0.1, -0.05) is 0 Å². The summed E-state index contributed by atoms with van der Waals surface area (Å²) in [4.78, 5) is 11.7. The zero-order valence-electron chi connectivity index (χ0n) is 6.48. The van der Waals surface area contributed by atoms with Gasteiger partial charge in [0.1, 0.15) is 0 Å². The lowest BCUT2D eigenvalue weighted by atomic mass is 10.7. The van der Waals surface area contributed by atoms with Crippen LogP contribution in [-0.4, -0.2) is 23.0 Å². The van der Waals surface area contributed by atoms with Gasteiger partial charge in [-0.3, -0.25) is 0 Å². The van der Waals surface area contributed by atoms with Crippen LogP contribution in [0.4, 0.5) is 5.95 Å². The van der Waals surface area contributed by atoms with Crippen molar-refractivity contribution in [2.75, 3.05) is 7.11 Å². The molecule has 1 aromatic rings. The number of nitrogens with zero attached hydrogens (tertiary/aromatic N) is 3. The topological polar surface area (TPSA) is 47.4 Å². The number of aromatic nitrogens is 2. The van der Waals surface area contributed by atoms with Crippen molar-refractivity contribution in [3.8, 4) is 0 Å². The minimum Gasteiger partial charge on any atom is -0.484 e. The lowest BCUT2D eigenvalue weighted by Crippen LogP contribution is -1.93. The van der Waals surface area contributed by atoms with Gasteiger partial charge < -0.3 is 4.74 Å². The molecule has 0 unspecified atom stereocenters. The summed E-state index contributed by atoms with van der Waals surface area (Å²) >= 11 is 0. The van der Waals surface area contributed by atoms with Gasteiger partial charge >= 0.3 is 0 Å². The number of methoxy groups -OCH3 is 1. The van der Waals surface area contributed by atoms with E-state index in [4.69, 9.17) is 4.74 Å². The highest BCUT2D eigenvalue weighted by Crippen LogP contribution is 1.99. The monoisotopic (exact) mass is 151 g/mol. The molecule has 11 heavy (non-hydrogen) atoms. The third kappa shape index (κ3) is 2.33. The van der Waals surface area contributed by atoms with Crippen LogP contribution in [0.1, 0.15) is 6.92 Å². The molecule has 0 amide bonds. The standard InChI is InChI=1S/C7H9N3O/c1-6(11-2)10-7-8-4-3-5-9-7/h3-5H,1-2H3/b10-6+. The van der Waals surface area contributed by atoms with E-state index in [1.54, 1.807) is 32.5 Å². The molecule has 4 nitrogen and oxygen atoms in total. The number of hydrogen-bond acceptors (Lipinski definition) is 4. The predicted octanol–water partition coefficient (Wildman–Crippen LogP) is 1.17. The van der Waals surface area contributed by atoms with Gasteiger partial charge in [-0.05, 0) is 6.07 Å². The largest absolute Gasteiger partial charge is 0.484 e. The van der Waals surface area contributed by atoms with Crippen molar-refractivity contribution in [3.63, 3.8) is 0 Å². The fraction of sp³-hybridized carbons (Fsp3) is 0.286. The van der Waals surface area contributed by atoms with E-state index >= 15 is 0 Å². The summed E-state index contributed by atoms with van der Waals surface area (Å²) in [6, 6.07) is 1.74. The molecule has 0 fully saturated rings. The van der Waals surface area contributed by atoms with Crippen LogP contribution in [0, 0.1) is 0 Å². The van der Waals surface area contributed by atoms with Crippen LogP contribution in [0.25, 0.3) is 0 Å². The number of ether oxygens (including phenoxy) is 1. The van der Waals surface area contributed by atoms with Crippen LogP contribution in [0.5, 0.6) is 0 Å². The van der Waals surface area contributed by atoms with Crippen molar-refractivity contribution in [1.82, 2.24) is 9.97 Å². The number of aliphatic imine (C=N–C) groups is 1. The lowest BCUT2D eigenvalue weighted by Gasteiger charge is -1.94. The van der Waals surface area contributed by atoms with E-state index < -0.39 is 0 Å². The molecular formula is C7H9N3O. The van der Waals surface area contributed by atoms with Crippen molar-refractivity contribution < 1.29 is 4.74 Å². The van der Waals surface area contributed by atoms with Crippen LogP contribution >= 0.6 is 0 Å². The summed E-state index contributed by atoms with van der Waals surface area (Å²) in [6.07, 6.45) is 3.27. The van der Waals surface area contributed by atoms with E-state index in [1.807, 2.05) is 0 Å². The van der Waals surface area contributed by atoms with Crippen LogP contribution in [-0.2, 0) is 4.74 Å². The van der Waals surface area contributed by atoms with E-state index in [9.17, 15) is 0 Å². The Balaban J connectivity index is 2.79. The summed E-state index contributed by atoms with van der Waals surface area (Å²) in [6.45, 7) is 1.75. The molecule has 0 aliphatic carbocycles. The first kappa shape index (κ1) is 7.65. The van der Waals surface area contributed by atoms with Gasteiger partial charge in [0.05, 0.1) is 7.11 Å². The molecule has 1 heterocycles. The van der Waals surface area contributed by atoms with Crippen molar-refractivity contribution >= 4 is 11.8 Å². The molecule has 0 N–H and O–H groups in total. The molecule has 1 aromatic heterocycles. The van der Waals surface area contributed by atoms with Crippen molar-refractivity contribution in [2.45, 2.75) is 6.92 Å². The van der Waals surface area contributed by atoms with Gasteiger partial charge in [0, 0.05) is 19.3 Å². The summed E-state index contributed by atoms with van der Waals surface area (Å²) in [5.74, 6) is 0.975. The molecular weight excluding hydrogens is 142 g/mol. The van der Waals surface area contributed by atoms with Crippen molar-refractivity contribution in [1.29, 1.82) is 0 Å². The van der Waals surface area contributed by atoms with Gasteiger partial charge in [0.15, 0.2) is 5.90 Å². The molecule has 0 radical (unpaired) electrons. The summed E-state index contributed by atoms with van der Waals surface area (Å²) < 4.78 is 4.82. The second-order valence-corrected chi connectivity index (χ2v) is 1.88. The van der Waals surface area contributed by atoms with E-state index in [-0.39, 0.29) is 0 Å². The highest BCUT2D eigenvalue weighted by Gasteiger charge is 1.90. The molecule has 0 saturated carbocycles. The normalized spacial score (nSPS) is 11.3. The minimum atomic E-state index is 0.423. The molecule has 0 aliphatic heterocycles. The Morgan fingerprint density at radius 3 is 2.64 bits per heavy atom. The average molecular weight is 151 g/mol. The first-order valence-corrected chi connectivity index (χ1v) is 3.19. The van der Waals surface area contributed by atoms with E-state index in [1.165, 1.54) is 0 Å². The molecule has 1 rings (SSSR count). The Labute approximate surface area is 65.0 Å². The Bertz CT molecular complexity index is 245. The van der Waals surface area contributed by atoms with Crippen LogP contribution in [0.2, 0.25) is 0 Å². The van der Waals surface area contributed by atoms with Crippen molar-refractivity contribution in [2.24, 2.45) is 4.99 Å². The Hall–Kier alpha value is -1.45. The highest BCUT2D eigenvalue weighted by atomic mass is 16.5. The molecule has 0 bridgehead atoms. The average Bonchev–Trinajstić information content (AvgIpc) is 2.06. The lowest BCUT2D eigenvalue weighted by molar-refractivity contribution is 0.400. The van der Waals surface area contributed by atoms with E-state index in [2.05, 4.69) is 15.0 Å². The third-order valence-corrected chi connectivity index (χ3v) is 1.11. The Kier molecular flexibility index (Phi) is 2.54. The maximum absolute atomic E-state index is 4.82. The number of rotatable bonds is 1. The maximum Gasteiger partial charge on any atom is 0.252 e.